The molecule has 1 unspecified atom stereocenters. The molecule has 1 aliphatic heterocycles. The number of amides is 1. The van der Waals surface area contributed by atoms with Gasteiger partial charge in [0, 0.05) is 32.1 Å². The number of aliphatic hydroxyl groups is 1. The lowest BCUT2D eigenvalue weighted by Crippen LogP contribution is -2.35. The van der Waals surface area contributed by atoms with Gasteiger partial charge in [0.25, 0.3) is 0 Å². The first kappa shape index (κ1) is 16.5. The molecule has 1 aromatic carbocycles. The van der Waals surface area contributed by atoms with Gasteiger partial charge < -0.3 is 10.4 Å². The van der Waals surface area contributed by atoms with Crippen LogP contribution in [0.3, 0.4) is 0 Å². The van der Waals surface area contributed by atoms with Crippen LogP contribution in [0.2, 0.25) is 0 Å². The molecule has 1 saturated carbocycles. The highest BCUT2D eigenvalue weighted by atomic mass is 16.3. The molecular weight excluding hydrogens is 288 g/mol. The Labute approximate surface area is 138 Å². The zero-order valence-corrected chi connectivity index (χ0v) is 14.2. The lowest BCUT2D eigenvalue weighted by atomic mass is 10.0. The van der Waals surface area contributed by atoms with Gasteiger partial charge in [0.15, 0.2) is 0 Å². The monoisotopic (exact) mass is 316 g/mol. The number of rotatable bonds is 5. The van der Waals surface area contributed by atoms with Crippen molar-refractivity contribution in [3.05, 3.63) is 35.4 Å². The molecule has 0 bridgehead atoms. The van der Waals surface area contributed by atoms with Crippen molar-refractivity contribution < 1.29 is 9.90 Å². The van der Waals surface area contributed by atoms with E-state index in [2.05, 4.69) is 42.3 Å². The van der Waals surface area contributed by atoms with E-state index in [4.69, 9.17) is 0 Å². The van der Waals surface area contributed by atoms with E-state index in [1.807, 2.05) is 6.07 Å². The Morgan fingerprint density at radius 2 is 1.87 bits per heavy atom. The largest absolute Gasteiger partial charge is 0.393 e. The maximum Gasteiger partial charge on any atom is 0.223 e. The summed E-state index contributed by atoms with van der Waals surface area (Å²) in [7, 11) is 0. The van der Waals surface area contributed by atoms with Crippen LogP contribution >= 0.6 is 0 Å². The molecule has 0 aromatic heterocycles. The maximum absolute atomic E-state index is 12.2. The van der Waals surface area contributed by atoms with Gasteiger partial charge in [-0.05, 0) is 35.8 Å². The number of carbonyl (C=O) groups excluding carboxylic acids is 1. The first-order valence-electron chi connectivity index (χ1n) is 8.70. The summed E-state index contributed by atoms with van der Waals surface area (Å²) in [6.45, 7) is 7.69. The van der Waals surface area contributed by atoms with Crippen LogP contribution in [0.5, 0.6) is 0 Å². The zero-order valence-electron chi connectivity index (χ0n) is 14.2. The fourth-order valence-electron chi connectivity index (χ4n) is 3.42. The van der Waals surface area contributed by atoms with Gasteiger partial charge in [-0.25, -0.2) is 0 Å². The van der Waals surface area contributed by atoms with Gasteiger partial charge in [0.05, 0.1) is 6.10 Å². The third-order valence-electron chi connectivity index (χ3n) is 5.35. The van der Waals surface area contributed by atoms with E-state index in [0.717, 1.165) is 38.9 Å². The number of hydrogen-bond donors (Lipinski definition) is 2. The summed E-state index contributed by atoms with van der Waals surface area (Å²) in [5.74, 6) is 0.365. The molecule has 1 aromatic rings. The van der Waals surface area contributed by atoms with Gasteiger partial charge in [-0.15, -0.1) is 0 Å². The molecule has 2 aliphatic rings. The molecule has 0 radical (unpaired) electrons. The van der Waals surface area contributed by atoms with E-state index in [1.165, 1.54) is 11.1 Å². The molecule has 4 heteroatoms. The SMILES string of the molecule is CC1(C)CC1C(=O)NCc1ccccc1CN1CCC(O)CC1. The third kappa shape index (κ3) is 4.12. The molecule has 2 fully saturated rings. The molecule has 1 amide bonds. The van der Waals surface area contributed by atoms with Crippen LogP contribution in [0.25, 0.3) is 0 Å². The van der Waals surface area contributed by atoms with E-state index in [9.17, 15) is 9.90 Å². The second-order valence-corrected chi connectivity index (χ2v) is 7.74. The summed E-state index contributed by atoms with van der Waals surface area (Å²) in [5.41, 5.74) is 2.66. The van der Waals surface area contributed by atoms with Gasteiger partial charge in [-0.3, -0.25) is 9.69 Å². The van der Waals surface area contributed by atoms with Gasteiger partial charge in [0.1, 0.15) is 0 Å². The summed E-state index contributed by atoms with van der Waals surface area (Å²) in [6.07, 6.45) is 2.57. The fourth-order valence-corrected chi connectivity index (χ4v) is 3.42. The summed E-state index contributed by atoms with van der Waals surface area (Å²) in [5, 5.41) is 12.7. The second-order valence-electron chi connectivity index (χ2n) is 7.74. The highest BCUT2D eigenvalue weighted by molar-refractivity contribution is 5.82. The van der Waals surface area contributed by atoms with Gasteiger partial charge in [0.2, 0.25) is 5.91 Å². The number of hydrogen-bond acceptors (Lipinski definition) is 3. The van der Waals surface area contributed by atoms with Gasteiger partial charge >= 0.3 is 0 Å². The molecule has 3 rings (SSSR count). The van der Waals surface area contributed by atoms with Crippen molar-refractivity contribution in [2.24, 2.45) is 11.3 Å². The predicted molar refractivity (Wildman–Crippen MR) is 90.7 cm³/mol. The number of piperidine rings is 1. The van der Waals surface area contributed by atoms with Crippen LogP contribution in [0.15, 0.2) is 24.3 Å². The molecular formula is C19H28N2O2. The quantitative estimate of drug-likeness (QED) is 0.876. The minimum absolute atomic E-state index is 0.136. The summed E-state index contributed by atoms with van der Waals surface area (Å²) >= 11 is 0. The van der Waals surface area contributed by atoms with E-state index >= 15 is 0 Å². The number of aliphatic hydroxyl groups excluding tert-OH is 1. The van der Waals surface area contributed by atoms with Crippen molar-refractivity contribution >= 4 is 5.91 Å². The minimum Gasteiger partial charge on any atom is -0.393 e. The second kappa shape index (κ2) is 6.62. The molecule has 23 heavy (non-hydrogen) atoms. The highest BCUT2D eigenvalue weighted by Crippen LogP contribution is 2.51. The minimum atomic E-state index is -0.136. The Hall–Kier alpha value is -1.39. The van der Waals surface area contributed by atoms with E-state index < -0.39 is 0 Å². The van der Waals surface area contributed by atoms with Crippen molar-refractivity contribution in [2.45, 2.75) is 52.3 Å². The smallest absolute Gasteiger partial charge is 0.223 e. The molecule has 0 spiro atoms. The lowest BCUT2D eigenvalue weighted by molar-refractivity contribution is -0.123. The number of nitrogens with one attached hydrogen (secondary N) is 1. The van der Waals surface area contributed by atoms with Gasteiger partial charge in [-0.2, -0.15) is 0 Å². The molecule has 1 heterocycles. The average Bonchev–Trinajstić information content (AvgIpc) is 3.17. The molecule has 2 N–H and O–H groups in total. The summed E-state index contributed by atoms with van der Waals surface area (Å²) in [4.78, 5) is 14.6. The van der Waals surface area contributed by atoms with Crippen molar-refractivity contribution in [3.8, 4) is 0 Å². The van der Waals surface area contributed by atoms with Crippen LogP contribution in [0, 0.1) is 11.3 Å². The van der Waals surface area contributed by atoms with Crippen LogP contribution < -0.4 is 5.32 Å². The molecule has 4 nitrogen and oxygen atoms in total. The molecule has 126 valence electrons. The van der Waals surface area contributed by atoms with Crippen LogP contribution in [0.1, 0.15) is 44.2 Å². The Balaban J connectivity index is 1.56. The Bertz CT molecular complexity index is 562. The highest BCUT2D eigenvalue weighted by Gasteiger charge is 2.50. The Morgan fingerprint density at radius 3 is 2.48 bits per heavy atom. The maximum atomic E-state index is 12.2. The summed E-state index contributed by atoms with van der Waals surface area (Å²) in [6, 6.07) is 8.34. The molecule has 1 saturated heterocycles. The van der Waals surface area contributed by atoms with Crippen molar-refractivity contribution in [3.63, 3.8) is 0 Å². The predicted octanol–water partition coefficient (Wildman–Crippen LogP) is 2.31. The first-order valence-corrected chi connectivity index (χ1v) is 8.70. The summed E-state index contributed by atoms with van der Waals surface area (Å²) < 4.78 is 0. The Morgan fingerprint density at radius 1 is 1.26 bits per heavy atom. The van der Waals surface area contributed by atoms with Crippen LogP contribution in [-0.4, -0.2) is 35.1 Å². The standard InChI is InChI=1S/C19H28N2O2/c1-19(2)11-17(19)18(23)20-12-14-5-3-4-6-15(14)13-21-9-7-16(22)8-10-21/h3-6,16-17,22H,7-13H2,1-2H3,(H,20,23). The van der Waals surface area contributed by atoms with E-state index in [-0.39, 0.29) is 23.3 Å². The number of likely N-dealkylation sites (tertiary alicyclic amines) is 1. The number of nitrogens with zero attached hydrogens (tertiary/aromatic N) is 1. The number of benzene rings is 1. The van der Waals surface area contributed by atoms with E-state index in [1.54, 1.807) is 0 Å². The van der Waals surface area contributed by atoms with Crippen molar-refractivity contribution in [1.82, 2.24) is 10.2 Å². The van der Waals surface area contributed by atoms with Crippen LogP contribution in [0.4, 0.5) is 0 Å². The zero-order chi connectivity index (χ0) is 16.4. The average molecular weight is 316 g/mol. The topological polar surface area (TPSA) is 52.6 Å². The lowest BCUT2D eigenvalue weighted by Gasteiger charge is -2.30. The van der Waals surface area contributed by atoms with Crippen LogP contribution in [-0.2, 0) is 17.9 Å². The fraction of sp³-hybridized carbons (Fsp3) is 0.632. The van der Waals surface area contributed by atoms with E-state index in [0.29, 0.717) is 6.54 Å². The number of carbonyl (C=O) groups is 1. The van der Waals surface area contributed by atoms with Crippen molar-refractivity contribution in [2.75, 3.05) is 13.1 Å². The normalized spacial score (nSPS) is 24.4. The first-order chi connectivity index (χ1) is 11.0. The third-order valence-corrected chi connectivity index (χ3v) is 5.35. The molecule has 1 aliphatic carbocycles. The Kier molecular flexibility index (Phi) is 4.74. The van der Waals surface area contributed by atoms with Gasteiger partial charge in [-0.1, -0.05) is 38.1 Å². The molecule has 1 atom stereocenters. The van der Waals surface area contributed by atoms with Crippen molar-refractivity contribution in [1.29, 1.82) is 0 Å².